The number of nitrogens with zero attached hydrogens (tertiary/aromatic N) is 2. The van der Waals surface area contributed by atoms with E-state index in [1.165, 1.54) is 18.2 Å². The van der Waals surface area contributed by atoms with Crippen molar-refractivity contribution in [3.8, 4) is 23.1 Å². The second-order valence-corrected chi connectivity index (χ2v) is 4.27. The van der Waals surface area contributed by atoms with E-state index in [0.717, 1.165) is 6.07 Å². The molecular formula is C13H6ClF3N2O. The summed E-state index contributed by atoms with van der Waals surface area (Å²) < 4.78 is 37.5. The van der Waals surface area contributed by atoms with Crippen LogP contribution in [0, 0.1) is 11.3 Å². The van der Waals surface area contributed by atoms with Crippen molar-refractivity contribution in [3.63, 3.8) is 0 Å². The lowest BCUT2D eigenvalue weighted by Gasteiger charge is -2.10. The Balaban J connectivity index is 2.58. The van der Waals surface area contributed by atoms with Crippen LogP contribution in [0.25, 0.3) is 11.3 Å². The summed E-state index contributed by atoms with van der Waals surface area (Å²) in [5.41, 5.74) is -0.917. The topological polar surface area (TPSA) is 56.9 Å². The van der Waals surface area contributed by atoms with E-state index in [1.807, 2.05) is 0 Å². The van der Waals surface area contributed by atoms with Crippen molar-refractivity contribution in [2.75, 3.05) is 0 Å². The predicted molar refractivity (Wildman–Crippen MR) is 66.1 cm³/mol. The number of hydrogen-bond donors (Lipinski definition) is 1. The number of nitriles is 1. The van der Waals surface area contributed by atoms with Gasteiger partial charge >= 0.3 is 6.18 Å². The molecule has 0 spiro atoms. The zero-order valence-electron chi connectivity index (χ0n) is 9.74. The first kappa shape index (κ1) is 14.2. The monoisotopic (exact) mass is 298 g/mol. The first-order valence-corrected chi connectivity index (χ1v) is 5.67. The first-order chi connectivity index (χ1) is 9.34. The molecular weight excluding hydrogens is 293 g/mol. The van der Waals surface area contributed by atoms with Crippen LogP contribution in [0.15, 0.2) is 30.5 Å². The number of benzene rings is 1. The number of pyridine rings is 1. The number of aromatic nitrogens is 1. The maximum absolute atomic E-state index is 12.5. The lowest BCUT2D eigenvalue weighted by atomic mass is 10.1. The van der Waals surface area contributed by atoms with Crippen molar-refractivity contribution >= 4 is 11.6 Å². The van der Waals surface area contributed by atoms with Crippen LogP contribution in [0.5, 0.6) is 5.75 Å². The van der Waals surface area contributed by atoms with Gasteiger partial charge in [0.15, 0.2) is 0 Å². The number of halogens is 4. The van der Waals surface area contributed by atoms with Crippen LogP contribution in [-0.2, 0) is 6.18 Å². The SMILES string of the molecule is N#Cc1cccc(-c2ncc(C(F)(F)F)cc2Cl)c1O. The molecule has 0 unspecified atom stereocenters. The van der Waals surface area contributed by atoms with Gasteiger partial charge in [-0.15, -0.1) is 0 Å². The van der Waals surface area contributed by atoms with Gasteiger partial charge in [0.05, 0.1) is 21.8 Å². The highest BCUT2D eigenvalue weighted by Crippen LogP contribution is 2.37. The third kappa shape index (κ3) is 2.53. The number of phenols is 1. The lowest BCUT2D eigenvalue weighted by Crippen LogP contribution is -2.05. The molecule has 0 aliphatic rings. The van der Waals surface area contributed by atoms with Gasteiger partial charge in [0.2, 0.25) is 0 Å². The van der Waals surface area contributed by atoms with Crippen molar-refractivity contribution < 1.29 is 18.3 Å². The number of alkyl halides is 3. The van der Waals surface area contributed by atoms with Crippen LogP contribution >= 0.6 is 11.6 Å². The van der Waals surface area contributed by atoms with E-state index in [4.69, 9.17) is 16.9 Å². The van der Waals surface area contributed by atoms with Crippen LogP contribution in [0.3, 0.4) is 0 Å². The third-order valence-electron chi connectivity index (χ3n) is 2.58. The maximum atomic E-state index is 12.5. The molecule has 1 N–H and O–H groups in total. The van der Waals surface area contributed by atoms with Gasteiger partial charge in [-0.3, -0.25) is 4.98 Å². The van der Waals surface area contributed by atoms with Gasteiger partial charge in [0.1, 0.15) is 11.8 Å². The molecule has 20 heavy (non-hydrogen) atoms. The smallest absolute Gasteiger partial charge is 0.417 e. The summed E-state index contributed by atoms with van der Waals surface area (Å²) in [6.07, 6.45) is -3.93. The fourth-order valence-electron chi connectivity index (χ4n) is 1.62. The van der Waals surface area contributed by atoms with Gasteiger partial charge in [0, 0.05) is 11.8 Å². The molecule has 102 valence electrons. The van der Waals surface area contributed by atoms with E-state index in [9.17, 15) is 18.3 Å². The number of para-hydroxylation sites is 1. The van der Waals surface area contributed by atoms with Crippen molar-refractivity contribution in [2.24, 2.45) is 0 Å². The average Bonchev–Trinajstić information content (AvgIpc) is 2.38. The quantitative estimate of drug-likeness (QED) is 0.865. The van der Waals surface area contributed by atoms with Gasteiger partial charge in [-0.05, 0) is 18.2 Å². The highest BCUT2D eigenvalue weighted by molar-refractivity contribution is 6.33. The normalized spacial score (nSPS) is 11.2. The summed E-state index contributed by atoms with van der Waals surface area (Å²) in [6, 6.07) is 6.75. The van der Waals surface area contributed by atoms with Gasteiger partial charge in [-0.2, -0.15) is 18.4 Å². The highest BCUT2D eigenvalue weighted by atomic mass is 35.5. The number of phenolic OH excluding ortho intramolecular Hbond substituents is 1. The Morgan fingerprint density at radius 2 is 2.00 bits per heavy atom. The fourth-order valence-corrected chi connectivity index (χ4v) is 1.88. The zero-order chi connectivity index (χ0) is 14.9. The minimum atomic E-state index is -4.55. The van der Waals surface area contributed by atoms with Crippen LogP contribution in [-0.4, -0.2) is 10.1 Å². The van der Waals surface area contributed by atoms with E-state index >= 15 is 0 Å². The summed E-state index contributed by atoms with van der Waals surface area (Å²) in [6.45, 7) is 0. The lowest BCUT2D eigenvalue weighted by molar-refractivity contribution is -0.137. The molecule has 1 aromatic heterocycles. The standard InChI is InChI=1S/C13H6ClF3N2O/c14-10-4-8(13(15,16)17)6-19-11(10)9-3-1-2-7(5-18)12(9)20/h1-4,6,20H. The molecule has 0 aliphatic carbocycles. The highest BCUT2D eigenvalue weighted by Gasteiger charge is 2.31. The Morgan fingerprint density at radius 1 is 1.30 bits per heavy atom. The van der Waals surface area contributed by atoms with Crippen molar-refractivity contribution in [1.82, 2.24) is 4.98 Å². The minimum Gasteiger partial charge on any atom is -0.506 e. The molecule has 0 atom stereocenters. The number of aromatic hydroxyl groups is 1. The fraction of sp³-hybridized carbons (Fsp3) is 0.0769. The number of rotatable bonds is 1. The molecule has 2 rings (SSSR count). The minimum absolute atomic E-state index is 0.0136. The molecule has 7 heteroatoms. The Bertz CT molecular complexity index is 708. The summed E-state index contributed by atoms with van der Waals surface area (Å²) in [4.78, 5) is 3.63. The molecule has 3 nitrogen and oxygen atoms in total. The molecule has 0 fully saturated rings. The number of hydrogen-bond acceptors (Lipinski definition) is 3. The van der Waals surface area contributed by atoms with Gasteiger partial charge < -0.3 is 5.11 Å². The van der Waals surface area contributed by atoms with Gasteiger partial charge in [-0.25, -0.2) is 0 Å². The first-order valence-electron chi connectivity index (χ1n) is 5.29. The molecule has 0 bridgehead atoms. The van der Waals surface area contributed by atoms with Gasteiger partial charge in [0.25, 0.3) is 0 Å². The molecule has 1 aromatic carbocycles. The van der Waals surface area contributed by atoms with Gasteiger partial charge in [-0.1, -0.05) is 17.7 Å². The van der Waals surface area contributed by atoms with Crippen LogP contribution in [0.4, 0.5) is 13.2 Å². The van der Waals surface area contributed by atoms with Crippen LogP contribution < -0.4 is 0 Å². The van der Waals surface area contributed by atoms with Crippen LogP contribution in [0.2, 0.25) is 5.02 Å². The third-order valence-corrected chi connectivity index (χ3v) is 2.87. The largest absolute Gasteiger partial charge is 0.506 e. The van der Waals surface area contributed by atoms with Crippen molar-refractivity contribution in [1.29, 1.82) is 5.26 Å². The average molecular weight is 299 g/mol. The Hall–Kier alpha value is -2.26. The maximum Gasteiger partial charge on any atom is 0.417 e. The van der Waals surface area contributed by atoms with E-state index in [0.29, 0.717) is 6.20 Å². The van der Waals surface area contributed by atoms with E-state index in [2.05, 4.69) is 4.98 Å². The molecule has 0 amide bonds. The predicted octanol–water partition coefficient (Wildman–Crippen LogP) is 4.00. The molecule has 0 saturated carbocycles. The van der Waals surface area contributed by atoms with E-state index < -0.39 is 11.7 Å². The molecule has 0 saturated heterocycles. The Kier molecular flexibility index (Phi) is 3.55. The molecule has 2 aromatic rings. The van der Waals surface area contributed by atoms with Crippen molar-refractivity contribution in [2.45, 2.75) is 6.18 Å². The summed E-state index contributed by atoms with van der Waals surface area (Å²) in [7, 11) is 0. The van der Waals surface area contributed by atoms with Crippen LogP contribution in [0.1, 0.15) is 11.1 Å². The second kappa shape index (κ2) is 5.02. The molecule has 1 heterocycles. The Morgan fingerprint density at radius 3 is 2.55 bits per heavy atom. The second-order valence-electron chi connectivity index (χ2n) is 3.87. The molecule has 0 aliphatic heterocycles. The van der Waals surface area contributed by atoms with Crippen molar-refractivity contribution in [3.05, 3.63) is 46.6 Å². The zero-order valence-corrected chi connectivity index (χ0v) is 10.5. The summed E-state index contributed by atoms with van der Waals surface area (Å²) in [5.74, 6) is -0.371. The summed E-state index contributed by atoms with van der Waals surface area (Å²) in [5, 5.41) is 18.4. The van der Waals surface area contributed by atoms with E-state index in [1.54, 1.807) is 6.07 Å². The van der Waals surface area contributed by atoms with E-state index in [-0.39, 0.29) is 27.6 Å². The Labute approximate surface area is 116 Å². The summed E-state index contributed by atoms with van der Waals surface area (Å²) >= 11 is 5.78. The molecule has 0 radical (unpaired) electrons.